The lowest BCUT2D eigenvalue weighted by Gasteiger charge is -2.12. The molecule has 17 heavy (non-hydrogen) atoms. The van der Waals surface area contributed by atoms with Crippen LogP contribution in [0.25, 0.3) is 0 Å². The van der Waals surface area contributed by atoms with Crippen molar-refractivity contribution in [2.75, 3.05) is 32.3 Å². The first kappa shape index (κ1) is 14.2. The third kappa shape index (κ3) is 4.88. The van der Waals surface area contributed by atoms with E-state index in [0.29, 0.717) is 6.54 Å². The fourth-order valence-corrected chi connectivity index (χ4v) is 1.95. The Morgan fingerprint density at radius 2 is 2.12 bits per heavy atom. The molecular weight excluding hydrogens is 234 g/mol. The Balaban J connectivity index is 2.62. The van der Waals surface area contributed by atoms with Crippen molar-refractivity contribution in [3.05, 3.63) is 23.8 Å². The average Bonchev–Trinajstić information content (AvgIpc) is 2.35. The third-order valence-corrected chi connectivity index (χ3v) is 3.11. The van der Waals surface area contributed by atoms with Crippen LogP contribution in [0.15, 0.2) is 18.2 Å². The van der Waals surface area contributed by atoms with Gasteiger partial charge in [0.15, 0.2) is 11.5 Å². The summed E-state index contributed by atoms with van der Waals surface area (Å²) in [5.41, 5.74) is 6.73. The summed E-state index contributed by atoms with van der Waals surface area (Å²) in [5, 5.41) is 0. The third-order valence-electron chi connectivity index (χ3n) is 2.41. The molecule has 3 nitrogen and oxygen atoms in total. The molecule has 0 saturated carbocycles. The van der Waals surface area contributed by atoms with E-state index in [1.807, 2.05) is 30.0 Å². The molecule has 0 unspecified atom stereocenters. The lowest BCUT2D eigenvalue weighted by atomic mass is 10.1. The Morgan fingerprint density at radius 1 is 1.29 bits per heavy atom. The minimum atomic E-state index is 0.651. The van der Waals surface area contributed by atoms with Gasteiger partial charge in [-0.05, 0) is 49.1 Å². The van der Waals surface area contributed by atoms with E-state index in [9.17, 15) is 0 Å². The highest BCUT2D eigenvalue weighted by atomic mass is 32.2. The van der Waals surface area contributed by atoms with Gasteiger partial charge in [-0.25, -0.2) is 0 Å². The summed E-state index contributed by atoms with van der Waals surface area (Å²) in [7, 11) is 1.66. The number of nitrogens with two attached hydrogens (primary N) is 1. The molecule has 0 aromatic heterocycles. The summed E-state index contributed by atoms with van der Waals surface area (Å²) >= 11 is 1.83. The molecule has 0 heterocycles. The van der Waals surface area contributed by atoms with Crippen molar-refractivity contribution < 1.29 is 9.47 Å². The smallest absolute Gasteiger partial charge is 0.161 e. The summed E-state index contributed by atoms with van der Waals surface area (Å²) < 4.78 is 11.0. The number of methoxy groups -OCH3 is 1. The fourth-order valence-electron chi connectivity index (χ4n) is 1.54. The van der Waals surface area contributed by atoms with Crippen molar-refractivity contribution in [3.8, 4) is 11.5 Å². The number of hydrogen-bond donors (Lipinski definition) is 1. The van der Waals surface area contributed by atoms with Gasteiger partial charge in [-0.15, -0.1) is 0 Å². The Labute approximate surface area is 108 Å². The summed E-state index contributed by atoms with van der Waals surface area (Å²) in [5.74, 6) is 2.72. The van der Waals surface area contributed by atoms with E-state index in [4.69, 9.17) is 15.2 Å². The molecular formula is C13H21NO2S. The van der Waals surface area contributed by atoms with Gasteiger partial charge < -0.3 is 15.2 Å². The highest BCUT2D eigenvalue weighted by Gasteiger charge is 2.05. The standard InChI is InChI=1S/C13H21NO2S/c1-15-12-5-4-11(6-7-14)10-13(12)16-8-3-9-17-2/h4-5,10H,3,6-9,14H2,1-2H3. The van der Waals surface area contributed by atoms with Crippen molar-refractivity contribution in [1.29, 1.82) is 0 Å². The maximum Gasteiger partial charge on any atom is 0.161 e. The van der Waals surface area contributed by atoms with Crippen molar-refractivity contribution in [1.82, 2.24) is 0 Å². The van der Waals surface area contributed by atoms with Crippen molar-refractivity contribution in [2.45, 2.75) is 12.8 Å². The molecule has 0 aliphatic rings. The number of ether oxygens (including phenoxy) is 2. The first-order chi connectivity index (χ1) is 8.31. The molecule has 1 aromatic rings. The van der Waals surface area contributed by atoms with Crippen LogP contribution in [-0.2, 0) is 6.42 Å². The molecule has 0 saturated heterocycles. The summed E-state index contributed by atoms with van der Waals surface area (Å²) in [6.45, 7) is 1.38. The first-order valence-corrected chi connectivity index (χ1v) is 7.20. The summed E-state index contributed by atoms with van der Waals surface area (Å²) in [4.78, 5) is 0. The highest BCUT2D eigenvalue weighted by Crippen LogP contribution is 2.28. The van der Waals surface area contributed by atoms with Crippen molar-refractivity contribution in [3.63, 3.8) is 0 Å². The van der Waals surface area contributed by atoms with E-state index in [1.54, 1.807) is 7.11 Å². The number of thioether (sulfide) groups is 1. The average molecular weight is 255 g/mol. The second kappa shape index (κ2) is 8.25. The zero-order valence-electron chi connectivity index (χ0n) is 10.6. The maximum absolute atomic E-state index is 5.74. The van der Waals surface area contributed by atoms with Crippen LogP contribution in [-0.4, -0.2) is 32.3 Å². The molecule has 0 fully saturated rings. The topological polar surface area (TPSA) is 44.5 Å². The number of rotatable bonds is 8. The molecule has 4 heteroatoms. The van der Waals surface area contributed by atoms with Crippen LogP contribution in [0.5, 0.6) is 11.5 Å². The highest BCUT2D eigenvalue weighted by molar-refractivity contribution is 7.98. The van der Waals surface area contributed by atoms with Crippen LogP contribution in [0.4, 0.5) is 0 Å². The van der Waals surface area contributed by atoms with Crippen LogP contribution in [0.2, 0.25) is 0 Å². The molecule has 0 bridgehead atoms. The normalized spacial score (nSPS) is 10.3. The van der Waals surface area contributed by atoms with Gasteiger partial charge in [0.1, 0.15) is 0 Å². The Bertz CT molecular complexity index is 331. The molecule has 1 rings (SSSR count). The predicted molar refractivity (Wildman–Crippen MR) is 74.2 cm³/mol. The number of hydrogen-bond acceptors (Lipinski definition) is 4. The zero-order valence-corrected chi connectivity index (χ0v) is 11.4. The van der Waals surface area contributed by atoms with Crippen LogP contribution in [0.3, 0.4) is 0 Å². The number of benzene rings is 1. The second-order valence-corrected chi connectivity index (χ2v) is 4.70. The van der Waals surface area contributed by atoms with Crippen LogP contribution in [0, 0.1) is 0 Å². The van der Waals surface area contributed by atoms with E-state index in [0.717, 1.165) is 36.7 Å². The minimum Gasteiger partial charge on any atom is -0.493 e. The van der Waals surface area contributed by atoms with E-state index in [-0.39, 0.29) is 0 Å². The Morgan fingerprint density at radius 3 is 2.76 bits per heavy atom. The van der Waals surface area contributed by atoms with Crippen LogP contribution >= 0.6 is 11.8 Å². The van der Waals surface area contributed by atoms with Gasteiger partial charge in [0, 0.05) is 0 Å². The molecule has 96 valence electrons. The fraction of sp³-hybridized carbons (Fsp3) is 0.538. The van der Waals surface area contributed by atoms with Crippen LogP contribution < -0.4 is 15.2 Å². The first-order valence-electron chi connectivity index (χ1n) is 5.80. The largest absolute Gasteiger partial charge is 0.493 e. The molecule has 0 aliphatic carbocycles. The van der Waals surface area contributed by atoms with E-state index in [2.05, 4.69) is 6.26 Å². The molecule has 2 N–H and O–H groups in total. The van der Waals surface area contributed by atoms with Gasteiger partial charge in [-0.1, -0.05) is 6.07 Å². The van der Waals surface area contributed by atoms with Gasteiger partial charge in [0.05, 0.1) is 13.7 Å². The van der Waals surface area contributed by atoms with Gasteiger partial charge in [0.2, 0.25) is 0 Å². The quantitative estimate of drug-likeness (QED) is 0.724. The van der Waals surface area contributed by atoms with Gasteiger partial charge >= 0.3 is 0 Å². The zero-order chi connectivity index (χ0) is 12.5. The molecule has 0 aliphatic heterocycles. The molecule has 0 radical (unpaired) electrons. The molecule has 1 aromatic carbocycles. The second-order valence-electron chi connectivity index (χ2n) is 3.72. The Hall–Kier alpha value is -0.870. The van der Waals surface area contributed by atoms with E-state index < -0.39 is 0 Å². The van der Waals surface area contributed by atoms with E-state index >= 15 is 0 Å². The maximum atomic E-state index is 5.74. The van der Waals surface area contributed by atoms with Crippen LogP contribution in [0.1, 0.15) is 12.0 Å². The van der Waals surface area contributed by atoms with Crippen molar-refractivity contribution in [2.24, 2.45) is 5.73 Å². The SMILES string of the molecule is COc1ccc(CCN)cc1OCCCSC. The summed E-state index contributed by atoms with van der Waals surface area (Å²) in [6, 6.07) is 5.99. The lowest BCUT2D eigenvalue weighted by molar-refractivity contribution is 0.295. The predicted octanol–water partition coefficient (Wildman–Crippen LogP) is 2.33. The van der Waals surface area contributed by atoms with E-state index in [1.165, 1.54) is 5.56 Å². The molecule has 0 spiro atoms. The van der Waals surface area contributed by atoms with Gasteiger partial charge in [-0.2, -0.15) is 11.8 Å². The Kier molecular flexibility index (Phi) is 6.89. The van der Waals surface area contributed by atoms with Crippen molar-refractivity contribution >= 4 is 11.8 Å². The lowest BCUT2D eigenvalue weighted by Crippen LogP contribution is -2.04. The summed E-state index contributed by atoms with van der Waals surface area (Å²) in [6.07, 6.45) is 4.01. The molecule has 0 atom stereocenters. The van der Waals surface area contributed by atoms with Gasteiger partial charge in [-0.3, -0.25) is 0 Å². The molecule has 0 amide bonds. The monoisotopic (exact) mass is 255 g/mol. The van der Waals surface area contributed by atoms with Gasteiger partial charge in [0.25, 0.3) is 0 Å². The minimum absolute atomic E-state index is 0.651.